The summed E-state index contributed by atoms with van der Waals surface area (Å²) in [6.07, 6.45) is 1.98. The molecular weight excluding hydrogens is 545 g/mol. The predicted molar refractivity (Wildman–Crippen MR) is 156 cm³/mol. The standard InChI is InChI=1S/C33H39F3N2O4/c1-4-28-27(21-29(42-28)22-11-15-25(16-12-22)33(34,35)36)31(23-9-7-6-8-10-23)37-26-17-13-24(14-18-26)32(40)38(3)20-19-30(39)41-5-2/h11-18,21,23,31,37H,4-10,19-20H2,1-3H3. The highest BCUT2D eigenvalue weighted by Crippen LogP contribution is 2.41. The Morgan fingerprint density at radius 3 is 2.29 bits per heavy atom. The lowest BCUT2D eigenvalue weighted by Gasteiger charge is -2.32. The Hall–Kier alpha value is -3.75. The van der Waals surface area contributed by atoms with E-state index in [1.54, 1.807) is 26.1 Å². The number of alkyl halides is 3. The Bertz CT molecular complexity index is 1330. The second-order valence-corrected chi connectivity index (χ2v) is 10.8. The SMILES string of the molecule is CCOC(=O)CCN(C)C(=O)c1ccc(NC(c2cc(-c3ccc(C(F)(F)F)cc3)oc2CC)C2CCCCC2)cc1. The summed E-state index contributed by atoms with van der Waals surface area (Å²) in [5.74, 6) is 1.20. The Morgan fingerprint density at radius 2 is 1.69 bits per heavy atom. The molecule has 1 aromatic heterocycles. The van der Waals surface area contributed by atoms with Gasteiger partial charge in [-0.25, -0.2) is 0 Å². The Labute approximate surface area is 245 Å². The van der Waals surface area contributed by atoms with Crippen molar-refractivity contribution in [1.29, 1.82) is 0 Å². The summed E-state index contributed by atoms with van der Waals surface area (Å²) in [5.41, 5.74) is 2.29. The van der Waals surface area contributed by atoms with Crippen LogP contribution >= 0.6 is 0 Å². The third kappa shape index (κ3) is 7.75. The van der Waals surface area contributed by atoms with Crippen molar-refractivity contribution in [2.45, 2.75) is 71.0 Å². The topological polar surface area (TPSA) is 71.8 Å². The van der Waals surface area contributed by atoms with Crippen LogP contribution < -0.4 is 5.32 Å². The molecule has 42 heavy (non-hydrogen) atoms. The molecule has 226 valence electrons. The number of carbonyl (C=O) groups excluding carboxylic acids is 2. The minimum Gasteiger partial charge on any atom is -0.466 e. The van der Waals surface area contributed by atoms with Crippen molar-refractivity contribution >= 4 is 17.6 Å². The van der Waals surface area contributed by atoms with Crippen molar-refractivity contribution in [2.75, 3.05) is 25.5 Å². The highest BCUT2D eigenvalue weighted by molar-refractivity contribution is 5.94. The molecule has 1 amide bonds. The molecular formula is C33H39F3N2O4. The average molecular weight is 585 g/mol. The first kappa shape index (κ1) is 31.2. The van der Waals surface area contributed by atoms with E-state index in [2.05, 4.69) is 5.32 Å². The van der Waals surface area contributed by atoms with Gasteiger partial charge in [-0.05, 0) is 68.1 Å². The Balaban J connectivity index is 1.55. The van der Waals surface area contributed by atoms with E-state index >= 15 is 0 Å². The van der Waals surface area contributed by atoms with Crippen LogP contribution in [-0.4, -0.2) is 37.0 Å². The second kappa shape index (κ2) is 13.9. The van der Waals surface area contributed by atoms with Gasteiger partial charge in [0.1, 0.15) is 11.5 Å². The first-order chi connectivity index (χ1) is 20.1. The molecule has 6 nitrogen and oxygen atoms in total. The number of halogens is 3. The largest absolute Gasteiger partial charge is 0.466 e. The number of esters is 1. The summed E-state index contributed by atoms with van der Waals surface area (Å²) in [6.45, 7) is 4.33. The van der Waals surface area contributed by atoms with Crippen molar-refractivity contribution in [3.05, 3.63) is 77.0 Å². The first-order valence-electron chi connectivity index (χ1n) is 14.7. The van der Waals surface area contributed by atoms with Crippen molar-refractivity contribution in [1.82, 2.24) is 4.90 Å². The average Bonchev–Trinajstić information content (AvgIpc) is 3.43. The zero-order valence-corrected chi connectivity index (χ0v) is 24.4. The van der Waals surface area contributed by atoms with Gasteiger partial charge in [0.2, 0.25) is 0 Å². The van der Waals surface area contributed by atoms with Gasteiger partial charge in [0, 0.05) is 42.4 Å². The van der Waals surface area contributed by atoms with Gasteiger partial charge in [-0.1, -0.05) is 38.3 Å². The minimum atomic E-state index is -4.39. The molecule has 1 fully saturated rings. The molecule has 1 N–H and O–H groups in total. The van der Waals surface area contributed by atoms with Gasteiger partial charge < -0.3 is 19.4 Å². The number of nitrogens with zero attached hydrogens (tertiary/aromatic N) is 1. The number of hydrogen-bond donors (Lipinski definition) is 1. The molecule has 1 aliphatic rings. The maximum atomic E-state index is 13.1. The zero-order chi connectivity index (χ0) is 30.3. The highest BCUT2D eigenvalue weighted by atomic mass is 19.4. The van der Waals surface area contributed by atoms with Gasteiger partial charge in [-0.2, -0.15) is 13.2 Å². The fourth-order valence-electron chi connectivity index (χ4n) is 5.57. The minimum absolute atomic E-state index is 0.0546. The fraction of sp³-hybridized carbons (Fsp3) is 0.455. The lowest BCUT2D eigenvalue weighted by Crippen LogP contribution is -2.29. The van der Waals surface area contributed by atoms with E-state index < -0.39 is 11.7 Å². The van der Waals surface area contributed by atoms with E-state index in [0.29, 0.717) is 35.8 Å². The monoisotopic (exact) mass is 584 g/mol. The molecule has 0 aliphatic heterocycles. The number of carbonyl (C=O) groups is 2. The van der Waals surface area contributed by atoms with Crippen LogP contribution in [0.3, 0.4) is 0 Å². The lowest BCUT2D eigenvalue weighted by atomic mass is 9.80. The Kier molecular flexibility index (Phi) is 10.4. The molecule has 0 saturated heterocycles. The van der Waals surface area contributed by atoms with Crippen LogP contribution in [0, 0.1) is 5.92 Å². The maximum Gasteiger partial charge on any atom is 0.416 e. The van der Waals surface area contributed by atoms with Gasteiger partial charge in [0.25, 0.3) is 5.91 Å². The number of amides is 1. The van der Waals surface area contributed by atoms with E-state index in [-0.39, 0.29) is 30.9 Å². The third-order valence-electron chi connectivity index (χ3n) is 7.87. The van der Waals surface area contributed by atoms with Crippen molar-refractivity contribution in [3.8, 4) is 11.3 Å². The predicted octanol–water partition coefficient (Wildman–Crippen LogP) is 8.29. The van der Waals surface area contributed by atoms with E-state index in [1.165, 1.54) is 23.5 Å². The molecule has 4 rings (SSSR count). The van der Waals surface area contributed by atoms with Gasteiger partial charge in [0.05, 0.1) is 24.6 Å². The number of ether oxygens (including phenoxy) is 1. The summed E-state index contributed by atoms with van der Waals surface area (Å²) in [4.78, 5) is 26.1. The molecule has 0 bridgehead atoms. The molecule has 2 aromatic carbocycles. The van der Waals surface area contributed by atoms with E-state index in [1.807, 2.05) is 25.1 Å². The molecule has 1 saturated carbocycles. The van der Waals surface area contributed by atoms with Crippen molar-refractivity contribution < 1.29 is 31.9 Å². The molecule has 1 aliphatic carbocycles. The molecule has 0 radical (unpaired) electrons. The third-order valence-corrected chi connectivity index (χ3v) is 7.87. The highest BCUT2D eigenvalue weighted by Gasteiger charge is 2.31. The number of furan rings is 1. The smallest absolute Gasteiger partial charge is 0.416 e. The summed E-state index contributed by atoms with van der Waals surface area (Å²) in [5, 5.41) is 3.69. The maximum absolute atomic E-state index is 13.1. The van der Waals surface area contributed by atoms with Crippen LogP contribution in [0.1, 0.15) is 85.7 Å². The normalized spacial score (nSPS) is 14.8. The number of nitrogens with one attached hydrogen (secondary N) is 1. The van der Waals surface area contributed by atoms with Gasteiger partial charge >= 0.3 is 12.1 Å². The quantitative estimate of drug-likeness (QED) is 0.230. The summed E-state index contributed by atoms with van der Waals surface area (Å²) in [6, 6.07) is 14.3. The number of anilines is 1. The van der Waals surface area contributed by atoms with Crippen LogP contribution in [0.5, 0.6) is 0 Å². The van der Waals surface area contributed by atoms with Crippen LogP contribution in [0.2, 0.25) is 0 Å². The zero-order valence-electron chi connectivity index (χ0n) is 24.4. The van der Waals surface area contributed by atoms with Gasteiger partial charge in [-0.3, -0.25) is 9.59 Å². The van der Waals surface area contributed by atoms with Gasteiger partial charge in [0.15, 0.2) is 0 Å². The second-order valence-electron chi connectivity index (χ2n) is 10.8. The molecule has 1 unspecified atom stereocenters. The summed E-state index contributed by atoms with van der Waals surface area (Å²) < 4.78 is 50.4. The number of rotatable bonds is 11. The van der Waals surface area contributed by atoms with Crippen molar-refractivity contribution in [2.24, 2.45) is 5.92 Å². The van der Waals surface area contributed by atoms with E-state index in [9.17, 15) is 22.8 Å². The Morgan fingerprint density at radius 1 is 1.02 bits per heavy atom. The van der Waals surface area contributed by atoms with Crippen LogP contribution in [0.25, 0.3) is 11.3 Å². The van der Waals surface area contributed by atoms with Crippen molar-refractivity contribution in [3.63, 3.8) is 0 Å². The summed E-state index contributed by atoms with van der Waals surface area (Å²) >= 11 is 0. The summed E-state index contributed by atoms with van der Waals surface area (Å²) in [7, 11) is 1.66. The molecule has 0 spiro atoms. The van der Waals surface area contributed by atoms with E-state index in [4.69, 9.17) is 9.15 Å². The van der Waals surface area contributed by atoms with E-state index in [0.717, 1.165) is 54.8 Å². The molecule has 3 aromatic rings. The molecule has 1 heterocycles. The lowest BCUT2D eigenvalue weighted by molar-refractivity contribution is -0.143. The number of hydrogen-bond acceptors (Lipinski definition) is 5. The molecule has 9 heteroatoms. The first-order valence-corrected chi connectivity index (χ1v) is 14.7. The van der Waals surface area contributed by atoms with Crippen LogP contribution in [-0.2, 0) is 22.1 Å². The fourth-order valence-corrected chi connectivity index (χ4v) is 5.57. The van der Waals surface area contributed by atoms with Crippen LogP contribution in [0.15, 0.2) is 59.0 Å². The van der Waals surface area contributed by atoms with Crippen LogP contribution in [0.4, 0.5) is 18.9 Å². The molecule has 1 atom stereocenters. The number of aryl methyl sites for hydroxylation is 1. The number of benzene rings is 2. The van der Waals surface area contributed by atoms with Gasteiger partial charge in [-0.15, -0.1) is 0 Å².